The van der Waals surface area contributed by atoms with Crippen molar-refractivity contribution in [3.8, 4) is 0 Å². The number of hydrogen-bond acceptors (Lipinski definition) is 2. The quantitative estimate of drug-likeness (QED) is 0.846. The minimum atomic E-state index is -0.397. The number of pyridine rings is 1. The first-order valence-electron chi connectivity index (χ1n) is 5.94. The maximum Gasteiger partial charge on any atom is 0.263 e. The maximum absolute atomic E-state index is 13.3. The average Bonchev–Trinajstić information content (AvgIpc) is 2.81. The number of H-pyrrole nitrogens is 1. The molecule has 1 amide bonds. The summed E-state index contributed by atoms with van der Waals surface area (Å²) in [6, 6.07) is 5.68. The summed E-state index contributed by atoms with van der Waals surface area (Å²) in [6.45, 7) is 0.464. The molecule has 4 nitrogen and oxygen atoms in total. The number of carbonyl (C=O) groups excluding carboxylic acids is 1. The Morgan fingerprint density at radius 3 is 2.95 bits per heavy atom. The number of benzene rings is 1. The lowest BCUT2D eigenvalue weighted by Gasteiger charge is -2.16. The Morgan fingerprint density at radius 1 is 1.32 bits per heavy atom. The van der Waals surface area contributed by atoms with Crippen molar-refractivity contribution in [1.29, 1.82) is 0 Å². The fraction of sp³-hybridized carbons (Fsp3) is 0.143. The first kappa shape index (κ1) is 11.6. The minimum absolute atomic E-state index is 0.0691. The lowest BCUT2D eigenvalue weighted by molar-refractivity contribution is 0.0988. The molecular weight excluding hydrogens is 247 g/mol. The molecule has 0 atom stereocenters. The molecule has 0 saturated carbocycles. The van der Waals surface area contributed by atoms with E-state index in [1.165, 1.54) is 35.5 Å². The van der Waals surface area contributed by atoms with Crippen molar-refractivity contribution in [3.05, 3.63) is 63.8 Å². The van der Waals surface area contributed by atoms with Crippen molar-refractivity contribution >= 4 is 11.6 Å². The third-order valence-electron chi connectivity index (χ3n) is 3.24. The van der Waals surface area contributed by atoms with Gasteiger partial charge < -0.3 is 9.88 Å². The van der Waals surface area contributed by atoms with Crippen LogP contribution in [0, 0.1) is 5.82 Å². The van der Waals surface area contributed by atoms with E-state index in [2.05, 4.69) is 4.98 Å². The molecule has 2 aromatic rings. The number of anilines is 1. The SMILES string of the molecule is O=C(c1c[nH]ccc1=O)N1CCc2ccc(F)cc21. The van der Waals surface area contributed by atoms with Gasteiger partial charge in [0.25, 0.3) is 5.91 Å². The van der Waals surface area contributed by atoms with Gasteiger partial charge in [0.1, 0.15) is 11.4 Å². The highest BCUT2D eigenvalue weighted by atomic mass is 19.1. The summed E-state index contributed by atoms with van der Waals surface area (Å²) < 4.78 is 13.3. The Morgan fingerprint density at radius 2 is 2.16 bits per heavy atom. The number of carbonyl (C=O) groups is 1. The Bertz CT molecular complexity index is 709. The van der Waals surface area contributed by atoms with Crippen LogP contribution in [0.1, 0.15) is 15.9 Å². The van der Waals surface area contributed by atoms with Crippen LogP contribution in [-0.2, 0) is 6.42 Å². The zero-order chi connectivity index (χ0) is 13.4. The topological polar surface area (TPSA) is 53.2 Å². The first-order valence-corrected chi connectivity index (χ1v) is 5.94. The lowest BCUT2D eigenvalue weighted by atomic mass is 10.1. The Kier molecular flexibility index (Phi) is 2.67. The maximum atomic E-state index is 13.3. The summed E-state index contributed by atoms with van der Waals surface area (Å²) in [7, 11) is 0. The van der Waals surface area contributed by atoms with Crippen molar-refractivity contribution < 1.29 is 9.18 Å². The smallest absolute Gasteiger partial charge is 0.263 e. The molecular formula is C14H11FN2O2. The van der Waals surface area contributed by atoms with Crippen molar-refractivity contribution in [2.24, 2.45) is 0 Å². The van der Waals surface area contributed by atoms with E-state index in [9.17, 15) is 14.0 Å². The van der Waals surface area contributed by atoms with E-state index >= 15 is 0 Å². The summed E-state index contributed by atoms with van der Waals surface area (Å²) in [4.78, 5) is 28.1. The molecule has 1 aliphatic heterocycles. The van der Waals surface area contributed by atoms with E-state index in [1.54, 1.807) is 6.07 Å². The van der Waals surface area contributed by atoms with Gasteiger partial charge in [0.05, 0.1) is 5.69 Å². The Hall–Kier alpha value is -2.43. The molecule has 1 aliphatic rings. The van der Waals surface area contributed by atoms with Crippen LogP contribution in [0.3, 0.4) is 0 Å². The number of fused-ring (bicyclic) bond motifs is 1. The normalized spacial score (nSPS) is 13.4. The molecule has 0 bridgehead atoms. The predicted molar refractivity (Wildman–Crippen MR) is 68.8 cm³/mol. The molecule has 96 valence electrons. The van der Waals surface area contributed by atoms with Gasteiger partial charge >= 0.3 is 0 Å². The molecule has 19 heavy (non-hydrogen) atoms. The second-order valence-electron chi connectivity index (χ2n) is 4.40. The van der Waals surface area contributed by atoms with Crippen LogP contribution >= 0.6 is 0 Å². The Balaban J connectivity index is 2.03. The fourth-order valence-electron chi connectivity index (χ4n) is 2.29. The summed E-state index contributed by atoms with van der Waals surface area (Å²) in [5.74, 6) is -0.786. The van der Waals surface area contributed by atoms with Crippen molar-refractivity contribution in [1.82, 2.24) is 4.98 Å². The largest absolute Gasteiger partial charge is 0.367 e. The zero-order valence-electron chi connectivity index (χ0n) is 10.0. The molecule has 2 heterocycles. The molecule has 0 unspecified atom stereocenters. The van der Waals surface area contributed by atoms with Crippen molar-refractivity contribution in [2.45, 2.75) is 6.42 Å². The molecule has 0 fully saturated rings. The number of aromatic nitrogens is 1. The average molecular weight is 258 g/mol. The molecule has 5 heteroatoms. The summed E-state index contributed by atoms with van der Waals surface area (Å²) in [6.07, 6.45) is 3.52. The number of hydrogen-bond donors (Lipinski definition) is 1. The van der Waals surface area contributed by atoms with Gasteiger partial charge in [-0.25, -0.2) is 4.39 Å². The van der Waals surface area contributed by atoms with Gasteiger partial charge in [-0.05, 0) is 24.1 Å². The van der Waals surface area contributed by atoms with E-state index < -0.39 is 5.91 Å². The summed E-state index contributed by atoms with van der Waals surface area (Å²) in [5.41, 5.74) is 1.20. The van der Waals surface area contributed by atoms with Crippen molar-refractivity contribution in [2.75, 3.05) is 11.4 Å². The third-order valence-corrected chi connectivity index (χ3v) is 3.24. The third kappa shape index (κ3) is 1.93. The van der Waals surface area contributed by atoms with Gasteiger partial charge in [-0.3, -0.25) is 9.59 Å². The van der Waals surface area contributed by atoms with Crippen LogP contribution in [-0.4, -0.2) is 17.4 Å². The highest BCUT2D eigenvalue weighted by Gasteiger charge is 2.27. The van der Waals surface area contributed by atoms with Crippen LogP contribution in [0.4, 0.5) is 10.1 Å². The number of halogens is 1. The second-order valence-corrected chi connectivity index (χ2v) is 4.40. The van der Waals surface area contributed by atoms with E-state index in [1.807, 2.05) is 0 Å². The number of amides is 1. The van der Waals surface area contributed by atoms with E-state index in [0.29, 0.717) is 18.7 Å². The zero-order valence-corrected chi connectivity index (χ0v) is 10.0. The van der Waals surface area contributed by atoms with E-state index in [0.717, 1.165) is 5.56 Å². The van der Waals surface area contributed by atoms with Gasteiger partial charge in [-0.15, -0.1) is 0 Å². The summed E-state index contributed by atoms with van der Waals surface area (Å²) in [5, 5.41) is 0. The van der Waals surface area contributed by atoms with Crippen LogP contribution in [0.5, 0.6) is 0 Å². The molecule has 1 N–H and O–H groups in total. The minimum Gasteiger partial charge on any atom is -0.367 e. The van der Waals surface area contributed by atoms with Gasteiger partial charge in [-0.1, -0.05) is 6.07 Å². The standard InChI is InChI=1S/C14H11FN2O2/c15-10-2-1-9-4-6-17(12(9)7-10)14(19)11-8-16-5-3-13(11)18/h1-3,5,7-8H,4,6H2,(H,16,18). The highest BCUT2D eigenvalue weighted by molar-refractivity contribution is 6.07. The van der Waals surface area contributed by atoms with Gasteiger partial charge in [0.2, 0.25) is 0 Å². The first-order chi connectivity index (χ1) is 9.16. The molecule has 0 spiro atoms. The van der Waals surface area contributed by atoms with Crippen LogP contribution < -0.4 is 10.3 Å². The number of nitrogens with one attached hydrogen (secondary N) is 1. The molecule has 0 saturated heterocycles. The summed E-state index contributed by atoms with van der Waals surface area (Å²) >= 11 is 0. The second kappa shape index (κ2) is 4.35. The molecule has 0 aliphatic carbocycles. The van der Waals surface area contributed by atoms with Gasteiger partial charge in [-0.2, -0.15) is 0 Å². The van der Waals surface area contributed by atoms with Crippen LogP contribution in [0.25, 0.3) is 0 Å². The highest BCUT2D eigenvalue weighted by Crippen LogP contribution is 2.29. The molecule has 3 rings (SSSR count). The fourth-order valence-corrected chi connectivity index (χ4v) is 2.29. The van der Waals surface area contributed by atoms with Crippen LogP contribution in [0.15, 0.2) is 41.5 Å². The molecule has 1 aromatic carbocycles. The Labute approximate surface area is 108 Å². The number of aromatic amines is 1. The lowest BCUT2D eigenvalue weighted by Crippen LogP contribution is -2.32. The van der Waals surface area contributed by atoms with Gasteiger partial charge in [0.15, 0.2) is 5.43 Å². The number of rotatable bonds is 1. The monoisotopic (exact) mass is 258 g/mol. The van der Waals surface area contributed by atoms with E-state index in [4.69, 9.17) is 0 Å². The predicted octanol–water partition coefficient (Wildman–Crippen LogP) is 1.72. The van der Waals surface area contributed by atoms with E-state index in [-0.39, 0.29) is 16.8 Å². The molecule has 1 aromatic heterocycles. The number of nitrogens with zero attached hydrogens (tertiary/aromatic N) is 1. The van der Waals surface area contributed by atoms with Crippen LogP contribution in [0.2, 0.25) is 0 Å². The van der Waals surface area contributed by atoms with Crippen molar-refractivity contribution in [3.63, 3.8) is 0 Å². The molecule has 0 radical (unpaired) electrons. The van der Waals surface area contributed by atoms with Gasteiger partial charge in [0, 0.05) is 25.0 Å².